The van der Waals surface area contributed by atoms with E-state index in [1.54, 1.807) is 23.5 Å². The number of benzene rings is 4. The van der Waals surface area contributed by atoms with Crippen LogP contribution in [0.1, 0.15) is 26.2 Å². The lowest BCUT2D eigenvalue weighted by Crippen LogP contribution is -2.16. The minimum absolute atomic E-state index is 0.633. The van der Waals surface area contributed by atoms with E-state index in [1.807, 2.05) is 60.7 Å². The highest BCUT2D eigenvalue weighted by Gasteiger charge is 2.16. The Morgan fingerprint density at radius 3 is 1.65 bits per heavy atom. The smallest absolute Gasteiger partial charge is 0.170 e. The van der Waals surface area contributed by atoms with Crippen molar-refractivity contribution < 1.29 is 4.84 Å². The van der Waals surface area contributed by atoms with Crippen LogP contribution in [0.5, 0.6) is 0 Å². The maximum atomic E-state index is 5.90. The van der Waals surface area contributed by atoms with Crippen LogP contribution in [0.4, 0.5) is 0 Å². The SMILES string of the molecule is CCCCCONC(=CSc1nc(-c2ccccc2)c(-c2ccccc2)[nH]1)CSc1nc(-c2ccccc2)c(-c2ccccc2)[nH]1. The third-order valence-corrected chi connectivity index (χ3v) is 9.06. The number of rotatable bonds is 15. The molecule has 0 radical (unpaired) electrons. The lowest BCUT2D eigenvalue weighted by atomic mass is 10.1. The van der Waals surface area contributed by atoms with Gasteiger partial charge in [-0.05, 0) is 6.42 Å². The molecule has 0 aliphatic carbocycles. The van der Waals surface area contributed by atoms with Crippen LogP contribution in [0, 0.1) is 0 Å². The first-order chi connectivity index (χ1) is 22.8. The maximum Gasteiger partial charge on any atom is 0.170 e. The minimum Gasteiger partial charge on any atom is -0.332 e. The van der Waals surface area contributed by atoms with Gasteiger partial charge < -0.3 is 9.97 Å². The van der Waals surface area contributed by atoms with Gasteiger partial charge in [-0.25, -0.2) is 9.97 Å². The first-order valence-electron chi connectivity index (χ1n) is 15.6. The highest BCUT2D eigenvalue weighted by molar-refractivity contribution is 8.02. The van der Waals surface area contributed by atoms with Gasteiger partial charge in [-0.15, -0.1) is 0 Å². The Morgan fingerprint density at radius 2 is 1.13 bits per heavy atom. The van der Waals surface area contributed by atoms with Crippen molar-refractivity contribution in [1.82, 2.24) is 25.4 Å². The first kappa shape index (κ1) is 31.5. The van der Waals surface area contributed by atoms with Crippen LogP contribution in [0.2, 0.25) is 0 Å². The fourth-order valence-electron chi connectivity index (χ4n) is 4.99. The molecule has 6 rings (SSSR count). The average molecular weight is 644 g/mol. The molecule has 4 aromatic carbocycles. The number of aromatic nitrogens is 4. The van der Waals surface area contributed by atoms with Crippen LogP contribution in [-0.4, -0.2) is 32.3 Å². The maximum absolute atomic E-state index is 5.90. The van der Waals surface area contributed by atoms with Crippen molar-refractivity contribution in [3.05, 3.63) is 132 Å². The lowest BCUT2D eigenvalue weighted by Gasteiger charge is -2.10. The van der Waals surface area contributed by atoms with E-state index in [0.717, 1.165) is 80.3 Å². The van der Waals surface area contributed by atoms with Crippen molar-refractivity contribution in [3.63, 3.8) is 0 Å². The summed E-state index contributed by atoms with van der Waals surface area (Å²) in [5.41, 5.74) is 12.4. The van der Waals surface area contributed by atoms with E-state index in [1.165, 1.54) is 0 Å². The van der Waals surface area contributed by atoms with E-state index in [0.29, 0.717) is 12.4 Å². The van der Waals surface area contributed by atoms with Crippen LogP contribution < -0.4 is 5.48 Å². The zero-order chi connectivity index (χ0) is 31.4. The summed E-state index contributed by atoms with van der Waals surface area (Å²) < 4.78 is 0. The number of nitrogens with zero attached hydrogens (tertiary/aromatic N) is 2. The van der Waals surface area contributed by atoms with Crippen LogP contribution in [-0.2, 0) is 4.84 Å². The second-order valence-electron chi connectivity index (χ2n) is 10.7. The molecule has 232 valence electrons. The molecule has 0 aliphatic heterocycles. The number of unbranched alkanes of at least 4 members (excludes halogenated alkanes) is 2. The molecule has 2 aromatic heterocycles. The van der Waals surface area contributed by atoms with Crippen molar-refractivity contribution in [2.24, 2.45) is 0 Å². The third-order valence-electron chi connectivity index (χ3n) is 7.31. The number of aromatic amines is 2. The molecule has 0 spiro atoms. The monoisotopic (exact) mass is 643 g/mol. The Labute approximate surface area is 279 Å². The van der Waals surface area contributed by atoms with E-state index in [2.05, 4.69) is 88.4 Å². The molecule has 0 unspecified atom stereocenters. The van der Waals surface area contributed by atoms with E-state index < -0.39 is 0 Å². The summed E-state index contributed by atoms with van der Waals surface area (Å²) >= 11 is 3.18. The topological polar surface area (TPSA) is 78.6 Å². The van der Waals surface area contributed by atoms with Crippen molar-refractivity contribution in [2.75, 3.05) is 12.4 Å². The van der Waals surface area contributed by atoms with Crippen LogP contribution in [0.15, 0.2) is 143 Å². The standard InChI is InChI=1S/C38H37N5OS2/c1-2-3-16-25-44-43-32(26-45-37-39-33(28-17-8-4-9-18-28)34(40-37)29-19-10-5-11-20-29)27-46-38-41-35(30-21-12-6-13-22-30)36(42-38)31-23-14-7-15-24-31/h4-15,17-24,26,43H,2-3,16,25,27H2,1H3,(H,39,40)(H,41,42). The summed E-state index contributed by atoms with van der Waals surface area (Å²) in [7, 11) is 0. The highest BCUT2D eigenvalue weighted by Crippen LogP contribution is 2.35. The average Bonchev–Trinajstić information content (AvgIpc) is 3.76. The lowest BCUT2D eigenvalue weighted by molar-refractivity contribution is 0.0606. The zero-order valence-electron chi connectivity index (χ0n) is 25.8. The van der Waals surface area contributed by atoms with Gasteiger partial charge in [0.25, 0.3) is 0 Å². The highest BCUT2D eigenvalue weighted by atomic mass is 32.2. The molecule has 0 amide bonds. The second-order valence-corrected chi connectivity index (χ2v) is 12.5. The number of hydrogen-bond acceptors (Lipinski definition) is 6. The summed E-state index contributed by atoms with van der Waals surface area (Å²) in [6.07, 6.45) is 3.29. The van der Waals surface area contributed by atoms with Crippen molar-refractivity contribution in [2.45, 2.75) is 36.5 Å². The molecule has 0 bridgehead atoms. The number of imidazole rings is 2. The third kappa shape index (κ3) is 8.20. The Hall–Kier alpha value is -4.50. The van der Waals surface area contributed by atoms with Gasteiger partial charge in [-0.3, -0.25) is 10.3 Å². The summed E-state index contributed by atoms with van der Waals surface area (Å²) in [4.78, 5) is 23.1. The number of hydroxylamine groups is 1. The molecule has 0 saturated heterocycles. The van der Waals surface area contributed by atoms with Crippen LogP contribution in [0.3, 0.4) is 0 Å². The van der Waals surface area contributed by atoms with Crippen LogP contribution in [0.25, 0.3) is 45.0 Å². The molecule has 0 atom stereocenters. The van der Waals surface area contributed by atoms with Crippen LogP contribution >= 0.6 is 23.5 Å². The summed E-state index contributed by atoms with van der Waals surface area (Å²) in [5, 5.41) is 3.73. The number of nitrogens with one attached hydrogen (secondary N) is 3. The second kappa shape index (κ2) is 16.2. The van der Waals surface area contributed by atoms with Gasteiger partial charge in [0.05, 0.1) is 35.1 Å². The predicted octanol–water partition coefficient (Wildman–Crippen LogP) is 10.2. The number of thioether (sulfide) groups is 2. The van der Waals surface area contributed by atoms with Gasteiger partial charge >= 0.3 is 0 Å². The van der Waals surface area contributed by atoms with Crippen molar-refractivity contribution >= 4 is 23.5 Å². The molecule has 2 heterocycles. The van der Waals surface area contributed by atoms with Gasteiger partial charge in [0.1, 0.15) is 0 Å². The Morgan fingerprint density at radius 1 is 0.652 bits per heavy atom. The van der Waals surface area contributed by atoms with E-state index in [4.69, 9.17) is 14.8 Å². The normalized spacial score (nSPS) is 11.5. The quantitative estimate of drug-likeness (QED) is 0.0587. The van der Waals surface area contributed by atoms with Gasteiger partial charge in [0.15, 0.2) is 10.3 Å². The van der Waals surface area contributed by atoms with E-state index >= 15 is 0 Å². The van der Waals surface area contributed by atoms with Crippen molar-refractivity contribution in [1.29, 1.82) is 0 Å². The van der Waals surface area contributed by atoms with Gasteiger partial charge in [0, 0.05) is 33.4 Å². The fraction of sp³-hybridized carbons (Fsp3) is 0.158. The minimum atomic E-state index is 0.633. The predicted molar refractivity (Wildman–Crippen MR) is 192 cm³/mol. The van der Waals surface area contributed by atoms with Gasteiger partial charge in [0.2, 0.25) is 0 Å². The first-order valence-corrected chi connectivity index (χ1v) is 17.4. The van der Waals surface area contributed by atoms with E-state index in [9.17, 15) is 0 Å². The molecule has 8 heteroatoms. The largest absolute Gasteiger partial charge is 0.332 e. The molecular formula is C38H37N5OS2. The molecular weight excluding hydrogens is 607 g/mol. The molecule has 0 aliphatic rings. The van der Waals surface area contributed by atoms with Gasteiger partial charge in [-0.2, -0.15) is 0 Å². The molecule has 46 heavy (non-hydrogen) atoms. The summed E-state index contributed by atoms with van der Waals surface area (Å²) in [6.45, 7) is 2.84. The Kier molecular flexibility index (Phi) is 11.1. The fourth-order valence-corrected chi connectivity index (χ4v) is 6.55. The molecule has 6 nitrogen and oxygen atoms in total. The Bertz CT molecular complexity index is 1710. The van der Waals surface area contributed by atoms with Gasteiger partial charge in [-0.1, -0.05) is 165 Å². The summed E-state index contributed by atoms with van der Waals surface area (Å²) in [5.74, 6) is 0.633. The number of hydrogen-bond donors (Lipinski definition) is 3. The molecule has 0 fully saturated rings. The summed E-state index contributed by atoms with van der Waals surface area (Å²) in [6, 6.07) is 41.3. The Balaban J connectivity index is 1.25. The zero-order valence-corrected chi connectivity index (χ0v) is 27.4. The van der Waals surface area contributed by atoms with E-state index in [-0.39, 0.29) is 0 Å². The van der Waals surface area contributed by atoms with Crippen molar-refractivity contribution in [3.8, 4) is 45.0 Å². The number of H-pyrrole nitrogens is 2. The molecule has 6 aromatic rings. The molecule has 3 N–H and O–H groups in total. The molecule has 0 saturated carbocycles.